The minimum atomic E-state index is -4.48. The quantitative estimate of drug-likeness (QED) is 0.748. The van der Waals surface area contributed by atoms with E-state index in [4.69, 9.17) is 11.6 Å². The average molecular weight is 341 g/mol. The van der Waals surface area contributed by atoms with Crippen LogP contribution in [-0.2, 0) is 11.6 Å². The van der Waals surface area contributed by atoms with Gasteiger partial charge in [0.2, 0.25) is 0 Å². The third kappa shape index (κ3) is 2.30. The van der Waals surface area contributed by atoms with E-state index in [9.17, 15) is 13.2 Å². The van der Waals surface area contributed by atoms with Crippen molar-refractivity contribution >= 4 is 22.5 Å². The minimum absolute atomic E-state index is 0.318. The normalized spacial score (nSPS) is 16.9. The second-order valence-electron chi connectivity index (χ2n) is 6.14. The molecule has 0 amide bonds. The number of hydrogen-bond acceptors (Lipinski definition) is 2. The van der Waals surface area contributed by atoms with Crippen LogP contribution < -0.4 is 0 Å². The first-order valence-corrected chi connectivity index (χ1v) is 7.46. The predicted octanol–water partition coefficient (Wildman–Crippen LogP) is 4.47. The van der Waals surface area contributed by atoms with Crippen LogP contribution in [0.4, 0.5) is 13.2 Å². The summed E-state index contributed by atoms with van der Waals surface area (Å²) in [5.41, 5.74) is 0.00579. The van der Waals surface area contributed by atoms with E-state index in [0.29, 0.717) is 22.1 Å². The van der Waals surface area contributed by atoms with Gasteiger partial charge in [-0.25, -0.2) is 4.98 Å². The van der Waals surface area contributed by atoms with Crippen LogP contribution >= 0.6 is 11.6 Å². The molecule has 2 aromatic heterocycles. The highest BCUT2D eigenvalue weighted by Gasteiger charge is 2.46. The highest BCUT2D eigenvalue weighted by molar-refractivity contribution is 6.35. The van der Waals surface area contributed by atoms with Crippen LogP contribution in [0.25, 0.3) is 16.6 Å². The number of nitrogens with one attached hydrogen (secondary N) is 1. The van der Waals surface area contributed by atoms with E-state index in [1.165, 1.54) is 4.57 Å². The summed E-state index contributed by atoms with van der Waals surface area (Å²) < 4.78 is 40.7. The summed E-state index contributed by atoms with van der Waals surface area (Å²) in [6.07, 6.45) is -0.206. The Morgan fingerprint density at radius 3 is 2.70 bits per heavy atom. The first-order valence-electron chi connectivity index (χ1n) is 7.08. The van der Waals surface area contributed by atoms with E-state index < -0.39 is 11.9 Å². The molecule has 0 aliphatic heterocycles. The van der Waals surface area contributed by atoms with E-state index in [1.807, 2.05) is 6.92 Å². The molecule has 0 spiro atoms. The maximum Gasteiger partial charge on any atom is 0.434 e. The first-order chi connectivity index (χ1) is 10.8. The SMILES string of the molecule is CC1(c2nc(C(F)(F)F)cn2-c2cc(Cl)c3[nH]ncc3c2)CC1. The molecule has 23 heavy (non-hydrogen) atoms. The molecule has 3 aromatic rings. The van der Waals surface area contributed by atoms with Crippen LogP contribution in [0.5, 0.6) is 0 Å². The monoisotopic (exact) mass is 340 g/mol. The predicted molar refractivity (Wildman–Crippen MR) is 79.8 cm³/mol. The van der Waals surface area contributed by atoms with Crippen molar-refractivity contribution < 1.29 is 13.2 Å². The van der Waals surface area contributed by atoms with Gasteiger partial charge in [0.15, 0.2) is 5.69 Å². The van der Waals surface area contributed by atoms with Crippen molar-refractivity contribution in [1.29, 1.82) is 0 Å². The van der Waals surface area contributed by atoms with E-state index >= 15 is 0 Å². The van der Waals surface area contributed by atoms with Crippen LogP contribution in [-0.4, -0.2) is 19.7 Å². The maximum absolute atomic E-state index is 13.1. The molecule has 8 heteroatoms. The highest BCUT2D eigenvalue weighted by Crippen LogP contribution is 2.48. The Kier molecular flexibility index (Phi) is 2.85. The van der Waals surface area contributed by atoms with Crippen molar-refractivity contribution in [3.8, 4) is 5.69 Å². The van der Waals surface area contributed by atoms with Crippen molar-refractivity contribution in [2.75, 3.05) is 0 Å². The van der Waals surface area contributed by atoms with Crippen molar-refractivity contribution in [2.45, 2.75) is 31.4 Å². The number of fused-ring (bicyclic) bond motifs is 1. The van der Waals surface area contributed by atoms with E-state index in [1.54, 1.807) is 18.3 Å². The Morgan fingerprint density at radius 2 is 2.04 bits per heavy atom. The number of aromatic nitrogens is 4. The minimum Gasteiger partial charge on any atom is -0.303 e. The second kappa shape index (κ2) is 4.50. The van der Waals surface area contributed by atoms with Crippen molar-refractivity contribution in [3.63, 3.8) is 0 Å². The van der Waals surface area contributed by atoms with Gasteiger partial charge in [-0.1, -0.05) is 18.5 Å². The van der Waals surface area contributed by atoms with Gasteiger partial charge >= 0.3 is 6.18 Å². The van der Waals surface area contributed by atoms with Gasteiger partial charge in [-0.3, -0.25) is 5.10 Å². The van der Waals surface area contributed by atoms with Gasteiger partial charge in [0.25, 0.3) is 0 Å². The lowest BCUT2D eigenvalue weighted by Gasteiger charge is -2.12. The van der Waals surface area contributed by atoms with Gasteiger partial charge in [-0.05, 0) is 25.0 Å². The molecular formula is C15H12ClF3N4. The lowest BCUT2D eigenvalue weighted by Crippen LogP contribution is -2.10. The van der Waals surface area contributed by atoms with Crippen LogP contribution in [0.15, 0.2) is 24.5 Å². The van der Waals surface area contributed by atoms with E-state index in [0.717, 1.165) is 24.4 Å². The number of rotatable bonds is 2. The van der Waals surface area contributed by atoms with E-state index in [-0.39, 0.29) is 5.41 Å². The molecule has 0 atom stereocenters. The molecule has 0 saturated heterocycles. The first kappa shape index (κ1) is 14.6. The van der Waals surface area contributed by atoms with Gasteiger partial charge in [0.05, 0.1) is 16.7 Å². The largest absolute Gasteiger partial charge is 0.434 e. The number of benzene rings is 1. The zero-order chi connectivity index (χ0) is 16.4. The lowest BCUT2D eigenvalue weighted by atomic mass is 10.1. The van der Waals surface area contributed by atoms with Crippen LogP contribution in [0, 0.1) is 0 Å². The Bertz CT molecular complexity index is 905. The van der Waals surface area contributed by atoms with Crippen LogP contribution in [0.3, 0.4) is 0 Å². The average Bonchev–Trinajstić information content (AvgIpc) is 2.95. The number of imidazole rings is 1. The molecule has 4 nitrogen and oxygen atoms in total. The Balaban J connectivity index is 1.94. The number of aromatic amines is 1. The lowest BCUT2D eigenvalue weighted by molar-refractivity contribution is -0.141. The Labute approximate surface area is 134 Å². The van der Waals surface area contributed by atoms with Gasteiger partial charge in [-0.2, -0.15) is 18.3 Å². The number of nitrogens with zero attached hydrogens (tertiary/aromatic N) is 3. The Morgan fingerprint density at radius 1 is 1.30 bits per heavy atom. The molecule has 120 valence electrons. The van der Waals surface area contributed by atoms with E-state index in [2.05, 4.69) is 15.2 Å². The molecule has 1 aromatic carbocycles. The summed E-state index contributed by atoms with van der Waals surface area (Å²) in [4.78, 5) is 3.86. The smallest absolute Gasteiger partial charge is 0.303 e. The number of halogens is 4. The molecule has 0 unspecified atom stereocenters. The molecule has 1 N–H and O–H groups in total. The zero-order valence-corrected chi connectivity index (χ0v) is 12.8. The summed E-state index contributed by atoms with van der Waals surface area (Å²) in [5, 5.41) is 7.82. The maximum atomic E-state index is 13.1. The number of hydrogen-bond donors (Lipinski definition) is 1. The molecule has 1 saturated carbocycles. The molecule has 1 aliphatic carbocycles. The zero-order valence-electron chi connectivity index (χ0n) is 12.1. The second-order valence-corrected chi connectivity index (χ2v) is 6.55. The number of alkyl halides is 3. The highest BCUT2D eigenvalue weighted by atomic mass is 35.5. The fraction of sp³-hybridized carbons (Fsp3) is 0.333. The molecule has 0 bridgehead atoms. The fourth-order valence-corrected chi connectivity index (χ4v) is 2.95. The molecular weight excluding hydrogens is 329 g/mol. The van der Waals surface area contributed by atoms with Gasteiger partial charge in [0.1, 0.15) is 5.82 Å². The summed E-state index contributed by atoms with van der Waals surface area (Å²) in [7, 11) is 0. The molecule has 1 fully saturated rings. The third-order valence-electron chi connectivity index (χ3n) is 4.30. The van der Waals surface area contributed by atoms with Gasteiger partial charge < -0.3 is 4.57 Å². The third-order valence-corrected chi connectivity index (χ3v) is 4.60. The standard InChI is InChI=1S/C15H12ClF3N4/c1-14(2-3-14)13-21-11(15(17,18)19)7-23(13)9-4-8-6-20-22-12(8)10(16)5-9/h4-7H,2-3H2,1H3,(H,20,22). The molecule has 4 rings (SSSR count). The molecule has 1 aliphatic rings. The molecule has 0 radical (unpaired) electrons. The van der Waals surface area contributed by atoms with Gasteiger partial charge in [0, 0.05) is 22.7 Å². The van der Waals surface area contributed by atoms with Gasteiger partial charge in [-0.15, -0.1) is 0 Å². The van der Waals surface area contributed by atoms with Crippen LogP contribution in [0.1, 0.15) is 31.3 Å². The summed E-state index contributed by atoms with van der Waals surface area (Å²) in [6.45, 7) is 1.92. The summed E-state index contributed by atoms with van der Waals surface area (Å²) in [5.74, 6) is 0.420. The Hall–Kier alpha value is -2.02. The van der Waals surface area contributed by atoms with Crippen molar-refractivity contribution in [1.82, 2.24) is 19.7 Å². The van der Waals surface area contributed by atoms with Crippen molar-refractivity contribution in [2.24, 2.45) is 0 Å². The summed E-state index contributed by atoms with van der Waals surface area (Å²) in [6, 6.07) is 3.38. The summed E-state index contributed by atoms with van der Waals surface area (Å²) >= 11 is 6.21. The topological polar surface area (TPSA) is 46.5 Å². The fourth-order valence-electron chi connectivity index (χ4n) is 2.69. The number of H-pyrrole nitrogens is 1. The molecule has 2 heterocycles. The van der Waals surface area contributed by atoms with Crippen molar-refractivity contribution in [3.05, 3.63) is 41.1 Å². The van der Waals surface area contributed by atoms with Crippen LogP contribution in [0.2, 0.25) is 5.02 Å².